The lowest BCUT2D eigenvalue weighted by Crippen LogP contribution is -2.39. The largest absolute Gasteiger partial charge is 0.493 e. The van der Waals surface area contributed by atoms with E-state index in [1.165, 1.54) is 39.8 Å². The molecule has 0 saturated heterocycles. The minimum Gasteiger partial charge on any atom is -0.493 e. The van der Waals surface area contributed by atoms with E-state index >= 15 is 0 Å². The summed E-state index contributed by atoms with van der Waals surface area (Å²) in [5, 5.41) is 0. The Balaban J connectivity index is 1.95. The lowest BCUT2D eigenvalue weighted by Gasteiger charge is -2.24. The fourth-order valence-electron chi connectivity index (χ4n) is 3.98. The molecule has 0 N–H and O–H groups in total. The van der Waals surface area contributed by atoms with Crippen molar-refractivity contribution in [2.45, 2.75) is 13.0 Å². The van der Waals surface area contributed by atoms with Crippen molar-refractivity contribution in [3.05, 3.63) is 84.5 Å². The second kappa shape index (κ2) is 9.56. The molecule has 0 saturated carbocycles. The lowest BCUT2D eigenvalue weighted by atomic mass is 9.96. The molecule has 1 atom stereocenters. The van der Waals surface area contributed by atoms with Gasteiger partial charge in [-0.25, -0.2) is 9.79 Å². The van der Waals surface area contributed by atoms with Crippen molar-refractivity contribution in [3.8, 4) is 17.2 Å². The zero-order valence-corrected chi connectivity index (χ0v) is 20.3. The first-order chi connectivity index (χ1) is 16.4. The SMILES string of the molecule is COC(=O)C1=C(C)N=c2s/c(=C\c3cc(OC)c(OC)c(OC)c3)c(=O)n2C1c1ccccc1. The molecular formula is C25H24N2O6S. The van der Waals surface area contributed by atoms with Gasteiger partial charge >= 0.3 is 5.97 Å². The number of carbonyl (C=O) groups excluding carboxylic acids is 1. The number of methoxy groups -OCH3 is 4. The summed E-state index contributed by atoms with van der Waals surface area (Å²) in [6.07, 6.45) is 1.74. The van der Waals surface area contributed by atoms with Gasteiger partial charge in [0.05, 0.1) is 50.3 Å². The van der Waals surface area contributed by atoms with Crippen LogP contribution in [0.3, 0.4) is 0 Å². The molecule has 8 nitrogen and oxygen atoms in total. The zero-order chi connectivity index (χ0) is 24.4. The molecule has 2 aromatic carbocycles. The van der Waals surface area contributed by atoms with Crippen LogP contribution < -0.4 is 29.1 Å². The van der Waals surface area contributed by atoms with E-state index in [1.54, 1.807) is 29.7 Å². The van der Waals surface area contributed by atoms with Crippen molar-refractivity contribution in [1.29, 1.82) is 0 Å². The van der Waals surface area contributed by atoms with Gasteiger partial charge in [-0.05, 0) is 36.3 Å². The Morgan fingerprint density at radius 3 is 2.24 bits per heavy atom. The minimum atomic E-state index is -0.646. The Bertz CT molecular complexity index is 1430. The maximum Gasteiger partial charge on any atom is 0.338 e. The quantitative estimate of drug-likeness (QED) is 0.504. The number of hydrogen-bond donors (Lipinski definition) is 0. The van der Waals surface area contributed by atoms with Crippen molar-refractivity contribution in [1.82, 2.24) is 4.57 Å². The molecule has 4 rings (SSSR count). The van der Waals surface area contributed by atoms with Gasteiger partial charge in [0.1, 0.15) is 0 Å². The predicted octanol–water partition coefficient (Wildman–Crippen LogP) is 2.43. The average Bonchev–Trinajstić information content (AvgIpc) is 3.16. The molecule has 2 heterocycles. The summed E-state index contributed by atoms with van der Waals surface area (Å²) in [6, 6.07) is 12.2. The van der Waals surface area contributed by atoms with Gasteiger partial charge in [-0.2, -0.15) is 0 Å². The third-order valence-corrected chi connectivity index (χ3v) is 6.51. The highest BCUT2D eigenvalue weighted by molar-refractivity contribution is 7.07. The molecule has 0 amide bonds. The molecule has 0 bridgehead atoms. The van der Waals surface area contributed by atoms with Crippen LogP contribution in [0.25, 0.3) is 6.08 Å². The molecule has 0 radical (unpaired) electrons. The van der Waals surface area contributed by atoms with Crippen LogP contribution in [0.5, 0.6) is 17.2 Å². The number of hydrogen-bond acceptors (Lipinski definition) is 8. The highest BCUT2D eigenvalue weighted by Gasteiger charge is 2.32. The number of esters is 1. The van der Waals surface area contributed by atoms with Crippen LogP contribution in [-0.2, 0) is 9.53 Å². The second-order valence-corrected chi connectivity index (χ2v) is 8.45. The maximum absolute atomic E-state index is 13.6. The third-order valence-electron chi connectivity index (χ3n) is 5.53. The van der Waals surface area contributed by atoms with Gasteiger partial charge in [0.15, 0.2) is 16.3 Å². The smallest absolute Gasteiger partial charge is 0.338 e. The van der Waals surface area contributed by atoms with Crippen LogP contribution in [0, 0.1) is 0 Å². The van der Waals surface area contributed by atoms with Gasteiger partial charge in [0.25, 0.3) is 5.56 Å². The topological polar surface area (TPSA) is 88.4 Å². The maximum atomic E-state index is 13.6. The summed E-state index contributed by atoms with van der Waals surface area (Å²) in [5.41, 5.74) is 2.07. The number of carbonyl (C=O) groups is 1. The number of fused-ring (bicyclic) bond motifs is 1. The number of ether oxygens (including phenoxy) is 4. The number of aromatic nitrogens is 1. The molecule has 176 valence electrons. The van der Waals surface area contributed by atoms with Crippen molar-refractivity contribution >= 4 is 23.4 Å². The molecular weight excluding hydrogens is 456 g/mol. The number of nitrogens with zero attached hydrogens (tertiary/aromatic N) is 2. The van der Waals surface area contributed by atoms with E-state index in [2.05, 4.69) is 4.99 Å². The number of benzene rings is 2. The van der Waals surface area contributed by atoms with E-state index in [4.69, 9.17) is 18.9 Å². The summed E-state index contributed by atoms with van der Waals surface area (Å²) in [7, 11) is 5.92. The molecule has 0 fully saturated rings. The average molecular weight is 481 g/mol. The van der Waals surface area contributed by atoms with Gasteiger partial charge < -0.3 is 18.9 Å². The molecule has 3 aromatic rings. The molecule has 1 aromatic heterocycles. The molecule has 0 spiro atoms. The van der Waals surface area contributed by atoms with E-state index in [-0.39, 0.29) is 5.56 Å². The van der Waals surface area contributed by atoms with Gasteiger partial charge in [-0.15, -0.1) is 0 Å². The molecule has 1 aliphatic rings. The van der Waals surface area contributed by atoms with Gasteiger partial charge in [-0.3, -0.25) is 9.36 Å². The first-order valence-electron chi connectivity index (χ1n) is 10.4. The molecule has 34 heavy (non-hydrogen) atoms. The molecule has 1 aliphatic heterocycles. The van der Waals surface area contributed by atoms with E-state index in [1.807, 2.05) is 30.3 Å². The molecule has 1 unspecified atom stereocenters. The van der Waals surface area contributed by atoms with Crippen LogP contribution in [0.2, 0.25) is 0 Å². The van der Waals surface area contributed by atoms with Crippen LogP contribution in [0.15, 0.2) is 63.5 Å². The Morgan fingerprint density at radius 2 is 1.68 bits per heavy atom. The number of thiazole rings is 1. The molecule has 9 heteroatoms. The van der Waals surface area contributed by atoms with Crippen molar-refractivity contribution in [2.24, 2.45) is 4.99 Å². The fraction of sp³-hybridized carbons (Fsp3) is 0.240. The summed E-state index contributed by atoms with van der Waals surface area (Å²) in [5.74, 6) is 0.902. The van der Waals surface area contributed by atoms with Crippen LogP contribution in [-0.4, -0.2) is 39.0 Å². The second-order valence-electron chi connectivity index (χ2n) is 7.44. The van der Waals surface area contributed by atoms with E-state index in [9.17, 15) is 9.59 Å². The Hall–Kier alpha value is -3.85. The normalized spacial score (nSPS) is 15.4. The zero-order valence-electron chi connectivity index (χ0n) is 19.4. The van der Waals surface area contributed by atoms with E-state index < -0.39 is 12.0 Å². The van der Waals surface area contributed by atoms with Crippen molar-refractivity contribution in [2.75, 3.05) is 28.4 Å². The highest BCUT2D eigenvalue weighted by Crippen LogP contribution is 2.38. The summed E-state index contributed by atoms with van der Waals surface area (Å²) in [6.45, 7) is 1.75. The summed E-state index contributed by atoms with van der Waals surface area (Å²) in [4.78, 5) is 31.4. The van der Waals surface area contributed by atoms with Gasteiger partial charge in [0, 0.05) is 0 Å². The van der Waals surface area contributed by atoms with Crippen molar-refractivity contribution in [3.63, 3.8) is 0 Å². The third kappa shape index (κ3) is 3.99. The monoisotopic (exact) mass is 480 g/mol. The molecule has 0 aliphatic carbocycles. The number of allylic oxidation sites excluding steroid dienone is 1. The predicted molar refractivity (Wildman–Crippen MR) is 128 cm³/mol. The Morgan fingerprint density at radius 1 is 1.03 bits per heavy atom. The Labute approximate surface area is 200 Å². The first kappa shape index (κ1) is 23.3. The lowest BCUT2D eigenvalue weighted by molar-refractivity contribution is -0.136. The Kier molecular flexibility index (Phi) is 6.56. The van der Waals surface area contributed by atoms with Gasteiger partial charge in [-0.1, -0.05) is 41.7 Å². The van der Waals surface area contributed by atoms with E-state index in [0.29, 0.717) is 43.4 Å². The van der Waals surface area contributed by atoms with Crippen LogP contribution in [0.4, 0.5) is 0 Å². The standard InChI is InChI=1S/C25H24N2O6S/c1-14-20(24(29)33-5)21(16-9-7-6-8-10-16)27-23(28)19(34-25(27)26-14)13-15-11-17(30-2)22(32-4)18(12-15)31-3/h6-13,21H,1-5H3/b19-13-. The highest BCUT2D eigenvalue weighted by atomic mass is 32.1. The minimum absolute atomic E-state index is 0.264. The first-order valence-corrected chi connectivity index (χ1v) is 11.2. The fourth-order valence-corrected chi connectivity index (χ4v) is 5.03. The van der Waals surface area contributed by atoms with Crippen LogP contribution >= 0.6 is 11.3 Å². The summed E-state index contributed by atoms with van der Waals surface area (Å²) >= 11 is 1.25. The van der Waals surface area contributed by atoms with E-state index in [0.717, 1.165) is 5.56 Å². The van der Waals surface area contributed by atoms with Gasteiger partial charge in [0.2, 0.25) is 5.75 Å². The van der Waals surface area contributed by atoms with Crippen LogP contribution in [0.1, 0.15) is 24.1 Å². The number of rotatable bonds is 6. The summed E-state index contributed by atoms with van der Waals surface area (Å²) < 4.78 is 23.3. The van der Waals surface area contributed by atoms with Crippen molar-refractivity contribution < 1.29 is 23.7 Å².